The van der Waals surface area contributed by atoms with Crippen molar-refractivity contribution in [2.45, 2.75) is 46.2 Å². The molecule has 1 heterocycles. The molecule has 0 aliphatic carbocycles. The first-order chi connectivity index (χ1) is 11.4. The van der Waals surface area contributed by atoms with Gasteiger partial charge in [0.1, 0.15) is 5.82 Å². The molecule has 2 aromatic rings. The fourth-order valence-corrected chi connectivity index (χ4v) is 3.04. The summed E-state index contributed by atoms with van der Waals surface area (Å²) in [5.41, 5.74) is 2.54. The number of benzene rings is 1. The zero-order valence-corrected chi connectivity index (χ0v) is 15.7. The zero-order valence-electron chi connectivity index (χ0n) is 14.9. The summed E-state index contributed by atoms with van der Waals surface area (Å²) in [5.74, 6) is 0.924. The van der Waals surface area contributed by atoms with Gasteiger partial charge in [-0.1, -0.05) is 26.0 Å². The van der Waals surface area contributed by atoms with Gasteiger partial charge in [0.15, 0.2) is 5.96 Å². The van der Waals surface area contributed by atoms with Crippen LogP contribution in [0.1, 0.15) is 54.6 Å². The summed E-state index contributed by atoms with van der Waals surface area (Å²) in [6.07, 6.45) is 0. The van der Waals surface area contributed by atoms with Gasteiger partial charge in [-0.25, -0.2) is 9.37 Å². The van der Waals surface area contributed by atoms with Crippen LogP contribution in [0.4, 0.5) is 4.39 Å². The molecule has 6 heteroatoms. The monoisotopic (exact) mass is 348 g/mol. The van der Waals surface area contributed by atoms with Crippen molar-refractivity contribution in [3.05, 3.63) is 51.2 Å². The minimum absolute atomic E-state index is 0.0482. The molecule has 0 aliphatic rings. The number of aliphatic imine (C=N–C) groups is 1. The highest BCUT2D eigenvalue weighted by molar-refractivity contribution is 7.09. The smallest absolute Gasteiger partial charge is 0.191 e. The summed E-state index contributed by atoms with van der Waals surface area (Å²) >= 11 is 1.68. The van der Waals surface area contributed by atoms with Crippen molar-refractivity contribution in [3.8, 4) is 0 Å². The number of nitrogens with zero attached hydrogens (tertiary/aromatic N) is 2. The standard InChI is InChI=1S/C18H25FN4S/c1-11(2)17-23-15(10-24-17)9-21-18(20-5)22-13(4)14-7-6-12(3)16(19)8-14/h6-8,10-11,13H,9H2,1-5H3,(H2,20,21,22). The molecule has 0 radical (unpaired) electrons. The summed E-state index contributed by atoms with van der Waals surface area (Å²) < 4.78 is 13.7. The number of thiazole rings is 1. The van der Waals surface area contributed by atoms with Crippen LogP contribution in [-0.2, 0) is 6.54 Å². The van der Waals surface area contributed by atoms with E-state index in [2.05, 4.69) is 39.8 Å². The maximum atomic E-state index is 13.7. The Balaban J connectivity index is 1.94. The maximum absolute atomic E-state index is 13.7. The Morgan fingerprint density at radius 1 is 1.33 bits per heavy atom. The van der Waals surface area contributed by atoms with E-state index in [1.54, 1.807) is 37.4 Å². The lowest BCUT2D eigenvalue weighted by atomic mass is 10.1. The second-order valence-electron chi connectivity index (χ2n) is 6.13. The van der Waals surface area contributed by atoms with E-state index in [-0.39, 0.29) is 11.9 Å². The molecule has 4 nitrogen and oxygen atoms in total. The van der Waals surface area contributed by atoms with Gasteiger partial charge in [-0.15, -0.1) is 11.3 Å². The van der Waals surface area contributed by atoms with E-state index in [9.17, 15) is 4.39 Å². The fraction of sp³-hybridized carbons (Fsp3) is 0.444. The van der Waals surface area contributed by atoms with Gasteiger partial charge in [-0.3, -0.25) is 4.99 Å². The van der Waals surface area contributed by atoms with E-state index >= 15 is 0 Å². The molecule has 0 saturated heterocycles. The predicted molar refractivity (Wildman–Crippen MR) is 99.1 cm³/mol. The minimum atomic E-state index is -0.187. The van der Waals surface area contributed by atoms with Gasteiger partial charge in [-0.05, 0) is 31.0 Å². The first kappa shape index (κ1) is 18.4. The van der Waals surface area contributed by atoms with Crippen LogP contribution in [0.5, 0.6) is 0 Å². The van der Waals surface area contributed by atoms with Gasteiger partial charge in [0.05, 0.1) is 23.3 Å². The minimum Gasteiger partial charge on any atom is -0.351 e. The van der Waals surface area contributed by atoms with E-state index in [0.29, 0.717) is 24.0 Å². The third-order valence-electron chi connectivity index (χ3n) is 3.77. The second-order valence-corrected chi connectivity index (χ2v) is 7.02. The van der Waals surface area contributed by atoms with Crippen LogP contribution in [0.25, 0.3) is 0 Å². The Kier molecular flexibility index (Phi) is 6.31. The average Bonchev–Trinajstić information content (AvgIpc) is 3.03. The van der Waals surface area contributed by atoms with Gasteiger partial charge >= 0.3 is 0 Å². The van der Waals surface area contributed by atoms with Crippen LogP contribution < -0.4 is 10.6 Å². The van der Waals surface area contributed by atoms with Crippen molar-refractivity contribution in [1.82, 2.24) is 15.6 Å². The number of hydrogen-bond donors (Lipinski definition) is 2. The molecule has 2 N–H and O–H groups in total. The molecule has 1 aromatic carbocycles. The van der Waals surface area contributed by atoms with Crippen molar-refractivity contribution in [2.75, 3.05) is 7.05 Å². The van der Waals surface area contributed by atoms with E-state index in [0.717, 1.165) is 16.3 Å². The number of rotatable bonds is 5. The van der Waals surface area contributed by atoms with Gasteiger partial charge in [0.2, 0.25) is 0 Å². The lowest BCUT2D eigenvalue weighted by Crippen LogP contribution is -2.38. The Bertz CT molecular complexity index is 709. The van der Waals surface area contributed by atoms with Crippen molar-refractivity contribution >= 4 is 17.3 Å². The molecule has 0 saturated carbocycles. The van der Waals surface area contributed by atoms with Crippen LogP contribution in [-0.4, -0.2) is 18.0 Å². The molecular weight excluding hydrogens is 323 g/mol. The zero-order chi connectivity index (χ0) is 17.7. The molecule has 0 fully saturated rings. The highest BCUT2D eigenvalue weighted by Gasteiger charge is 2.11. The van der Waals surface area contributed by atoms with E-state index < -0.39 is 0 Å². The molecule has 0 amide bonds. The van der Waals surface area contributed by atoms with Crippen molar-refractivity contribution < 1.29 is 4.39 Å². The van der Waals surface area contributed by atoms with Crippen LogP contribution in [0.2, 0.25) is 0 Å². The third kappa shape index (κ3) is 4.77. The van der Waals surface area contributed by atoms with Crippen molar-refractivity contribution in [1.29, 1.82) is 0 Å². The van der Waals surface area contributed by atoms with Crippen LogP contribution in [0.15, 0.2) is 28.6 Å². The first-order valence-corrected chi connectivity index (χ1v) is 8.96. The van der Waals surface area contributed by atoms with Gasteiger partial charge in [0, 0.05) is 18.3 Å². The Labute approximate surface area is 147 Å². The van der Waals surface area contributed by atoms with E-state index in [1.165, 1.54) is 0 Å². The summed E-state index contributed by atoms with van der Waals surface area (Å²) in [6, 6.07) is 5.24. The quantitative estimate of drug-likeness (QED) is 0.631. The fourth-order valence-electron chi connectivity index (χ4n) is 2.20. The molecule has 1 unspecified atom stereocenters. The number of aryl methyl sites for hydroxylation is 1. The first-order valence-electron chi connectivity index (χ1n) is 8.08. The molecule has 1 atom stereocenters. The van der Waals surface area contributed by atoms with E-state index in [1.807, 2.05) is 13.0 Å². The largest absolute Gasteiger partial charge is 0.351 e. The van der Waals surface area contributed by atoms with Gasteiger partial charge in [0.25, 0.3) is 0 Å². The highest BCUT2D eigenvalue weighted by atomic mass is 32.1. The Hall–Kier alpha value is -1.95. The van der Waals surface area contributed by atoms with Crippen LogP contribution >= 0.6 is 11.3 Å². The topological polar surface area (TPSA) is 49.3 Å². The normalized spacial score (nSPS) is 13.2. The summed E-state index contributed by atoms with van der Waals surface area (Å²) in [6.45, 7) is 8.63. The number of guanidine groups is 1. The summed E-state index contributed by atoms with van der Waals surface area (Å²) in [7, 11) is 1.72. The molecule has 0 spiro atoms. The van der Waals surface area contributed by atoms with Crippen LogP contribution in [0.3, 0.4) is 0 Å². The summed E-state index contributed by atoms with van der Waals surface area (Å²) in [4.78, 5) is 8.83. The van der Waals surface area contributed by atoms with Crippen molar-refractivity contribution in [2.24, 2.45) is 4.99 Å². The lowest BCUT2D eigenvalue weighted by molar-refractivity contribution is 0.607. The Morgan fingerprint density at radius 2 is 2.08 bits per heavy atom. The molecule has 130 valence electrons. The third-order valence-corrected chi connectivity index (χ3v) is 4.97. The van der Waals surface area contributed by atoms with Gasteiger partial charge < -0.3 is 10.6 Å². The van der Waals surface area contributed by atoms with E-state index in [4.69, 9.17) is 0 Å². The molecule has 0 bridgehead atoms. The Morgan fingerprint density at radius 3 is 2.67 bits per heavy atom. The molecule has 0 aliphatic heterocycles. The predicted octanol–water partition coefficient (Wildman–Crippen LogP) is 4.14. The summed E-state index contributed by atoms with van der Waals surface area (Å²) in [5, 5.41) is 9.73. The van der Waals surface area contributed by atoms with Gasteiger partial charge in [-0.2, -0.15) is 0 Å². The molecule has 1 aromatic heterocycles. The number of halogens is 1. The van der Waals surface area contributed by atoms with Crippen molar-refractivity contribution in [3.63, 3.8) is 0 Å². The van der Waals surface area contributed by atoms with Crippen LogP contribution in [0, 0.1) is 12.7 Å². The SMILES string of the molecule is CN=C(NCc1csc(C(C)C)n1)NC(C)c1ccc(C)c(F)c1. The number of aromatic nitrogens is 1. The maximum Gasteiger partial charge on any atom is 0.191 e. The molecular formula is C18H25FN4S. The second kappa shape index (κ2) is 8.24. The number of hydrogen-bond acceptors (Lipinski definition) is 3. The average molecular weight is 348 g/mol. The lowest BCUT2D eigenvalue weighted by Gasteiger charge is -2.18. The molecule has 24 heavy (non-hydrogen) atoms. The highest BCUT2D eigenvalue weighted by Crippen LogP contribution is 2.19. The molecule has 2 rings (SSSR count). The number of nitrogens with one attached hydrogen (secondary N) is 2.